The van der Waals surface area contributed by atoms with Gasteiger partial charge in [0.25, 0.3) is 5.91 Å². The summed E-state index contributed by atoms with van der Waals surface area (Å²) in [5.74, 6) is -0.140. The SMILES string of the molecule is CC1CC(CN)CN1C(=O)c1cccc(C(F)(F)F)c1. The third kappa shape index (κ3) is 2.95. The van der Waals surface area contributed by atoms with Crippen molar-refractivity contribution in [1.29, 1.82) is 0 Å². The molecule has 2 atom stereocenters. The Hall–Kier alpha value is -1.56. The average Bonchev–Trinajstić information content (AvgIpc) is 2.78. The smallest absolute Gasteiger partial charge is 0.336 e. The summed E-state index contributed by atoms with van der Waals surface area (Å²) in [4.78, 5) is 13.9. The second-order valence-electron chi connectivity index (χ2n) is 5.22. The van der Waals surface area contributed by atoms with Gasteiger partial charge in [-0.25, -0.2) is 0 Å². The van der Waals surface area contributed by atoms with Gasteiger partial charge in [0, 0.05) is 18.2 Å². The summed E-state index contributed by atoms with van der Waals surface area (Å²) in [5, 5.41) is 0. The van der Waals surface area contributed by atoms with Gasteiger partial charge >= 0.3 is 6.18 Å². The minimum absolute atomic E-state index is 0.00518. The van der Waals surface area contributed by atoms with Crippen molar-refractivity contribution in [3.05, 3.63) is 35.4 Å². The van der Waals surface area contributed by atoms with Crippen LogP contribution in [0.5, 0.6) is 0 Å². The summed E-state index contributed by atoms with van der Waals surface area (Å²) < 4.78 is 38.0. The summed E-state index contributed by atoms with van der Waals surface area (Å²) in [6.45, 7) is 2.88. The number of halogens is 3. The van der Waals surface area contributed by atoms with Crippen molar-refractivity contribution < 1.29 is 18.0 Å². The quantitative estimate of drug-likeness (QED) is 0.908. The fourth-order valence-corrected chi connectivity index (χ4v) is 2.59. The van der Waals surface area contributed by atoms with E-state index in [0.29, 0.717) is 13.1 Å². The predicted octanol–water partition coefficient (Wildman–Crippen LogP) is 2.51. The van der Waals surface area contributed by atoms with Crippen LogP contribution in [-0.2, 0) is 6.18 Å². The maximum atomic E-state index is 12.7. The molecule has 1 aliphatic heterocycles. The molecule has 3 nitrogen and oxygen atoms in total. The Morgan fingerprint density at radius 2 is 2.15 bits per heavy atom. The first-order valence-electron chi connectivity index (χ1n) is 6.51. The minimum Gasteiger partial charge on any atom is -0.336 e. The van der Waals surface area contributed by atoms with Crippen molar-refractivity contribution >= 4 is 5.91 Å². The first-order chi connectivity index (χ1) is 9.32. The molecule has 2 rings (SSSR count). The minimum atomic E-state index is -4.44. The van der Waals surface area contributed by atoms with Crippen molar-refractivity contribution in [2.45, 2.75) is 25.6 Å². The number of carbonyl (C=O) groups excluding carboxylic acids is 1. The molecule has 20 heavy (non-hydrogen) atoms. The van der Waals surface area contributed by atoms with Gasteiger partial charge in [0.15, 0.2) is 0 Å². The van der Waals surface area contributed by atoms with Gasteiger partial charge in [0.05, 0.1) is 5.56 Å². The lowest BCUT2D eigenvalue weighted by Crippen LogP contribution is -2.34. The predicted molar refractivity (Wildman–Crippen MR) is 69.1 cm³/mol. The highest BCUT2D eigenvalue weighted by Crippen LogP contribution is 2.30. The first kappa shape index (κ1) is 14.8. The van der Waals surface area contributed by atoms with E-state index in [1.54, 1.807) is 4.90 Å². The van der Waals surface area contributed by atoms with E-state index in [0.717, 1.165) is 18.6 Å². The molecular formula is C14H17F3N2O. The maximum Gasteiger partial charge on any atom is 0.416 e. The topological polar surface area (TPSA) is 46.3 Å². The fourth-order valence-electron chi connectivity index (χ4n) is 2.59. The van der Waals surface area contributed by atoms with E-state index in [2.05, 4.69) is 0 Å². The van der Waals surface area contributed by atoms with Crippen molar-refractivity contribution in [3.63, 3.8) is 0 Å². The van der Waals surface area contributed by atoms with Crippen LogP contribution in [0.3, 0.4) is 0 Å². The van der Waals surface area contributed by atoms with Crippen LogP contribution in [0.15, 0.2) is 24.3 Å². The molecule has 2 N–H and O–H groups in total. The van der Waals surface area contributed by atoms with E-state index >= 15 is 0 Å². The van der Waals surface area contributed by atoms with Crippen LogP contribution in [0.1, 0.15) is 29.3 Å². The molecule has 0 aromatic heterocycles. The molecule has 1 aromatic rings. The molecule has 0 radical (unpaired) electrons. The highest BCUT2D eigenvalue weighted by Gasteiger charge is 2.34. The number of rotatable bonds is 2. The molecule has 1 amide bonds. The Balaban J connectivity index is 2.22. The van der Waals surface area contributed by atoms with Gasteiger partial charge in [-0.3, -0.25) is 4.79 Å². The summed E-state index contributed by atoms with van der Waals surface area (Å²) in [6.07, 6.45) is -3.64. The number of alkyl halides is 3. The molecule has 1 saturated heterocycles. The van der Waals surface area contributed by atoms with Gasteiger partial charge < -0.3 is 10.6 Å². The Morgan fingerprint density at radius 3 is 2.70 bits per heavy atom. The Labute approximate surface area is 115 Å². The molecule has 2 unspecified atom stereocenters. The van der Waals surface area contributed by atoms with Crippen LogP contribution in [0.4, 0.5) is 13.2 Å². The van der Waals surface area contributed by atoms with Gasteiger partial charge in [0.2, 0.25) is 0 Å². The molecule has 0 aliphatic carbocycles. The van der Waals surface area contributed by atoms with E-state index in [4.69, 9.17) is 5.73 Å². The van der Waals surface area contributed by atoms with E-state index in [-0.39, 0.29) is 23.4 Å². The highest BCUT2D eigenvalue weighted by atomic mass is 19.4. The number of hydrogen-bond acceptors (Lipinski definition) is 2. The molecule has 0 bridgehead atoms. The van der Waals surface area contributed by atoms with Crippen LogP contribution in [0.2, 0.25) is 0 Å². The Morgan fingerprint density at radius 1 is 1.45 bits per heavy atom. The summed E-state index contributed by atoms with van der Waals surface area (Å²) >= 11 is 0. The van der Waals surface area contributed by atoms with Crippen LogP contribution < -0.4 is 5.73 Å². The van der Waals surface area contributed by atoms with E-state index < -0.39 is 11.7 Å². The van der Waals surface area contributed by atoms with Gasteiger partial charge in [-0.2, -0.15) is 13.2 Å². The van der Waals surface area contributed by atoms with Gasteiger partial charge in [-0.1, -0.05) is 6.07 Å². The van der Waals surface area contributed by atoms with Gasteiger partial charge in [0.1, 0.15) is 0 Å². The second-order valence-corrected chi connectivity index (χ2v) is 5.22. The highest BCUT2D eigenvalue weighted by molar-refractivity contribution is 5.94. The number of nitrogens with two attached hydrogens (primary N) is 1. The van der Waals surface area contributed by atoms with Crippen molar-refractivity contribution in [1.82, 2.24) is 4.90 Å². The number of amides is 1. The van der Waals surface area contributed by atoms with Gasteiger partial charge in [-0.05, 0) is 44.0 Å². The van der Waals surface area contributed by atoms with Crippen molar-refractivity contribution in [2.75, 3.05) is 13.1 Å². The molecule has 1 heterocycles. The fraction of sp³-hybridized carbons (Fsp3) is 0.500. The van der Waals surface area contributed by atoms with Crippen LogP contribution in [0.25, 0.3) is 0 Å². The molecule has 110 valence electrons. The maximum absolute atomic E-state index is 12.7. The van der Waals surface area contributed by atoms with Gasteiger partial charge in [-0.15, -0.1) is 0 Å². The third-order valence-electron chi connectivity index (χ3n) is 3.69. The van der Waals surface area contributed by atoms with Crippen molar-refractivity contribution in [3.8, 4) is 0 Å². The number of likely N-dealkylation sites (tertiary alicyclic amines) is 1. The molecule has 6 heteroatoms. The molecule has 0 spiro atoms. The lowest BCUT2D eigenvalue weighted by Gasteiger charge is -2.22. The van der Waals surface area contributed by atoms with E-state index in [9.17, 15) is 18.0 Å². The first-order valence-corrected chi connectivity index (χ1v) is 6.51. The zero-order chi connectivity index (χ0) is 14.9. The lowest BCUT2D eigenvalue weighted by molar-refractivity contribution is -0.137. The molecular weight excluding hydrogens is 269 g/mol. The molecule has 0 saturated carbocycles. The molecule has 1 aromatic carbocycles. The lowest BCUT2D eigenvalue weighted by atomic mass is 10.1. The van der Waals surface area contributed by atoms with E-state index in [1.807, 2.05) is 6.92 Å². The molecule has 1 aliphatic rings. The number of benzene rings is 1. The monoisotopic (exact) mass is 286 g/mol. The average molecular weight is 286 g/mol. The standard InChI is InChI=1S/C14H17F3N2O/c1-9-5-10(7-18)8-19(9)13(20)11-3-2-4-12(6-11)14(15,16)17/h2-4,6,9-10H,5,7-8,18H2,1H3. The number of nitrogens with zero attached hydrogens (tertiary/aromatic N) is 1. The largest absolute Gasteiger partial charge is 0.416 e. The summed E-state index contributed by atoms with van der Waals surface area (Å²) in [7, 11) is 0. The summed E-state index contributed by atoms with van der Waals surface area (Å²) in [5.41, 5.74) is 4.86. The Kier molecular flexibility index (Phi) is 4.04. The Bertz CT molecular complexity index is 501. The second kappa shape index (κ2) is 5.44. The van der Waals surface area contributed by atoms with Crippen LogP contribution in [-0.4, -0.2) is 29.9 Å². The zero-order valence-corrected chi connectivity index (χ0v) is 11.2. The van der Waals surface area contributed by atoms with Crippen molar-refractivity contribution in [2.24, 2.45) is 11.7 Å². The third-order valence-corrected chi connectivity index (χ3v) is 3.69. The zero-order valence-electron chi connectivity index (χ0n) is 11.2. The van der Waals surface area contributed by atoms with E-state index in [1.165, 1.54) is 12.1 Å². The molecule has 1 fully saturated rings. The normalized spacial score (nSPS) is 23.1. The number of hydrogen-bond donors (Lipinski definition) is 1. The van der Waals surface area contributed by atoms with Crippen LogP contribution >= 0.6 is 0 Å². The summed E-state index contributed by atoms with van der Waals surface area (Å²) in [6, 6.07) is 4.56. The van der Waals surface area contributed by atoms with Crippen LogP contribution in [0, 0.1) is 5.92 Å². The number of carbonyl (C=O) groups is 1.